The van der Waals surface area contributed by atoms with Gasteiger partial charge >= 0.3 is 5.97 Å². The first kappa shape index (κ1) is 16.3. The van der Waals surface area contributed by atoms with Crippen LogP contribution in [0, 0.1) is 0 Å². The maximum absolute atomic E-state index is 11.6. The quantitative estimate of drug-likeness (QED) is 0.450. The third-order valence-electron chi connectivity index (χ3n) is 1.69. The molecule has 17 heavy (non-hydrogen) atoms. The van der Waals surface area contributed by atoms with Crippen LogP contribution < -0.4 is 11.5 Å². The molecule has 0 spiro atoms. The third-order valence-corrected chi connectivity index (χ3v) is 1.69. The van der Waals surface area contributed by atoms with Gasteiger partial charge in [0.25, 0.3) is 0 Å². The maximum atomic E-state index is 11.6. The summed E-state index contributed by atoms with van der Waals surface area (Å²) in [5.41, 5.74) is 10.2. The molecule has 102 valence electrons. The minimum absolute atomic E-state index is 0.0891. The Morgan fingerprint density at radius 1 is 1.18 bits per heavy atom. The second-order valence-corrected chi connectivity index (χ2v) is 4.53. The first-order chi connectivity index (χ1) is 7.90. The van der Waals surface area contributed by atoms with Crippen LogP contribution >= 0.6 is 0 Å². The highest BCUT2D eigenvalue weighted by Crippen LogP contribution is 2.09. The third kappa shape index (κ3) is 9.05. The highest BCUT2D eigenvalue weighted by atomic mass is 16.6. The minimum atomic E-state index is -0.740. The van der Waals surface area contributed by atoms with Crippen LogP contribution in [0.1, 0.15) is 20.8 Å². The van der Waals surface area contributed by atoms with Crippen molar-refractivity contribution < 1.29 is 19.0 Å². The predicted octanol–water partition coefficient (Wildman–Crippen LogP) is -0.353. The van der Waals surface area contributed by atoms with E-state index < -0.39 is 17.7 Å². The van der Waals surface area contributed by atoms with E-state index in [2.05, 4.69) is 0 Å². The fourth-order valence-corrected chi connectivity index (χ4v) is 1.03. The van der Waals surface area contributed by atoms with Gasteiger partial charge in [-0.15, -0.1) is 0 Å². The van der Waals surface area contributed by atoms with E-state index in [4.69, 9.17) is 25.7 Å². The molecule has 0 radical (unpaired) electrons. The van der Waals surface area contributed by atoms with E-state index in [1.807, 2.05) is 0 Å². The fourth-order valence-electron chi connectivity index (χ4n) is 1.03. The molecule has 0 amide bonds. The molecular weight excluding hydrogens is 224 g/mol. The van der Waals surface area contributed by atoms with Gasteiger partial charge in [-0.2, -0.15) is 0 Å². The number of carbonyl (C=O) groups excluding carboxylic acids is 1. The van der Waals surface area contributed by atoms with E-state index in [0.717, 1.165) is 0 Å². The smallest absolute Gasteiger partial charge is 0.337 e. The van der Waals surface area contributed by atoms with Gasteiger partial charge in [0.15, 0.2) is 6.10 Å². The molecule has 0 aliphatic carbocycles. The lowest BCUT2D eigenvalue weighted by Crippen LogP contribution is -2.38. The summed E-state index contributed by atoms with van der Waals surface area (Å²) in [6.45, 7) is 7.09. The van der Waals surface area contributed by atoms with Crippen molar-refractivity contribution >= 4 is 5.97 Å². The first-order valence-electron chi connectivity index (χ1n) is 5.73. The molecule has 0 heterocycles. The molecule has 0 saturated carbocycles. The van der Waals surface area contributed by atoms with Gasteiger partial charge in [-0.1, -0.05) is 0 Å². The van der Waals surface area contributed by atoms with Gasteiger partial charge in [-0.3, -0.25) is 0 Å². The van der Waals surface area contributed by atoms with E-state index in [1.54, 1.807) is 20.8 Å². The lowest BCUT2D eigenvalue weighted by Gasteiger charge is -2.23. The van der Waals surface area contributed by atoms with E-state index in [9.17, 15) is 4.79 Å². The zero-order valence-corrected chi connectivity index (χ0v) is 10.9. The van der Waals surface area contributed by atoms with Gasteiger partial charge in [0.1, 0.15) is 5.60 Å². The van der Waals surface area contributed by atoms with E-state index in [0.29, 0.717) is 26.4 Å². The van der Waals surface area contributed by atoms with Crippen molar-refractivity contribution in [1.82, 2.24) is 0 Å². The average molecular weight is 248 g/mol. The first-order valence-corrected chi connectivity index (χ1v) is 5.73. The number of nitrogens with two attached hydrogens (primary N) is 2. The number of esters is 1. The van der Waals surface area contributed by atoms with E-state index >= 15 is 0 Å². The summed E-state index contributed by atoms with van der Waals surface area (Å²) in [6.07, 6.45) is -0.740. The molecule has 0 saturated heterocycles. The molecule has 0 aromatic heterocycles. The Morgan fingerprint density at radius 3 is 2.29 bits per heavy atom. The van der Waals surface area contributed by atoms with Crippen LogP contribution in [0.3, 0.4) is 0 Å². The van der Waals surface area contributed by atoms with E-state index in [1.165, 1.54) is 0 Å². The van der Waals surface area contributed by atoms with Crippen molar-refractivity contribution in [3.63, 3.8) is 0 Å². The summed E-state index contributed by atoms with van der Waals surface area (Å²) in [5.74, 6) is -0.446. The van der Waals surface area contributed by atoms with Gasteiger partial charge in [0, 0.05) is 13.1 Å². The summed E-state index contributed by atoms with van der Waals surface area (Å²) >= 11 is 0. The van der Waals surface area contributed by atoms with Gasteiger partial charge in [0.2, 0.25) is 0 Å². The number of ether oxygens (including phenoxy) is 3. The van der Waals surface area contributed by atoms with Crippen LogP contribution in [0.4, 0.5) is 0 Å². The molecule has 0 aliphatic heterocycles. The van der Waals surface area contributed by atoms with Crippen LogP contribution in [0.25, 0.3) is 0 Å². The molecule has 4 N–H and O–H groups in total. The number of rotatable bonds is 8. The summed E-state index contributed by atoms with van der Waals surface area (Å²) < 4.78 is 15.6. The molecule has 6 heteroatoms. The molecule has 0 aromatic rings. The Bertz CT molecular complexity index is 216. The van der Waals surface area contributed by atoms with Gasteiger partial charge in [0.05, 0.1) is 19.8 Å². The monoisotopic (exact) mass is 248 g/mol. The standard InChI is InChI=1S/C11H24N2O4/c1-11(2,3)17-10(14)9(8-13)16-7-6-15-5-4-12/h9H,4-8,12-13H2,1-3H3. The highest BCUT2D eigenvalue weighted by Gasteiger charge is 2.24. The van der Waals surface area contributed by atoms with Crippen molar-refractivity contribution in [3.05, 3.63) is 0 Å². The number of carbonyl (C=O) groups is 1. The topological polar surface area (TPSA) is 96.8 Å². The van der Waals surface area contributed by atoms with Crippen molar-refractivity contribution in [2.75, 3.05) is 32.9 Å². The predicted molar refractivity (Wildman–Crippen MR) is 64.5 cm³/mol. The SMILES string of the molecule is CC(C)(C)OC(=O)C(CN)OCCOCCN. The highest BCUT2D eigenvalue weighted by molar-refractivity contribution is 5.75. The zero-order chi connectivity index (χ0) is 13.3. The Labute approximate surface area is 103 Å². The van der Waals surface area contributed by atoms with Gasteiger partial charge in [-0.25, -0.2) is 4.79 Å². The summed E-state index contributed by atoms with van der Waals surface area (Å²) in [6, 6.07) is 0. The van der Waals surface area contributed by atoms with Crippen LogP contribution in [0.5, 0.6) is 0 Å². The Hall–Kier alpha value is -0.690. The second kappa shape index (κ2) is 8.41. The summed E-state index contributed by atoms with van der Waals surface area (Å²) in [7, 11) is 0. The fraction of sp³-hybridized carbons (Fsp3) is 0.909. The van der Waals surface area contributed by atoms with Crippen LogP contribution in [-0.4, -0.2) is 50.6 Å². The molecule has 0 aliphatic rings. The largest absolute Gasteiger partial charge is 0.458 e. The van der Waals surface area contributed by atoms with Crippen LogP contribution in [0.2, 0.25) is 0 Å². The minimum Gasteiger partial charge on any atom is -0.458 e. The molecule has 0 bridgehead atoms. The lowest BCUT2D eigenvalue weighted by molar-refractivity contribution is -0.168. The number of hydrogen-bond donors (Lipinski definition) is 2. The Balaban J connectivity index is 3.86. The molecule has 1 unspecified atom stereocenters. The Kier molecular flexibility index (Phi) is 8.07. The summed E-state index contributed by atoms with van der Waals surface area (Å²) in [5, 5.41) is 0. The Morgan fingerprint density at radius 2 is 1.82 bits per heavy atom. The molecule has 0 rings (SSSR count). The average Bonchev–Trinajstić information content (AvgIpc) is 2.20. The normalized spacial score (nSPS) is 13.5. The maximum Gasteiger partial charge on any atom is 0.337 e. The van der Waals surface area contributed by atoms with Crippen LogP contribution in [-0.2, 0) is 19.0 Å². The van der Waals surface area contributed by atoms with Crippen molar-refractivity contribution in [2.45, 2.75) is 32.5 Å². The van der Waals surface area contributed by atoms with Crippen LogP contribution in [0.15, 0.2) is 0 Å². The van der Waals surface area contributed by atoms with Gasteiger partial charge in [-0.05, 0) is 20.8 Å². The molecule has 6 nitrogen and oxygen atoms in total. The molecule has 1 atom stereocenters. The van der Waals surface area contributed by atoms with Crippen molar-refractivity contribution in [3.8, 4) is 0 Å². The number of hydrogen-bond acceptors (Lipinski definition) is 6. The summed E-state index contributed by atoms with van der Waals surface area (Å²) in [4.78, 5) is 11.6. The van der Waals surface area contributed by atoms with E-state index in [-0.39, 0.29) is 6.54 Å². The molecule has 0 aromatic carbocycles. The van der Waals surface area contributed by atoms with Crippen molar-refractivity contribution in [2.24, 2.45) is 11.5 Å². The second-order valence-electron chi connectivity index (χ2n) is 4.53. The van der Waals surface area contributed by atoms with Gasteiger partial charge < -0.3 is 25.7 Å². The zero-order valence-electron chi connectivity index (χ0n) is 10.9. The molecule has 0 fully saturated rings. The van der Waals surface area contributed by atoms with Crippen molar-refractivity contribution in [1.29, 1.82) is 0 Å². The molecular formula is C11H24N2O4. The lowest BCUT2D eigenvalue weighted by atomic mass is 10.2.